The van der Waals surface area contributed by atoms with Crippen LogP contribution in [0, 0.1) is 5.92 Å². The lowest BCUT2D eigenvalue weighted by atomic mass is 9.94. The maximum absolute atomic E-state index is 14.4. The number of alkyl halides is 1. The molecule has 0 aromatic carbocycles. The Morgan fingerprint density at radius 2 is 1.96 bits per heavy atom. The van der Waals surface area contributed by atoms with Crippen LogP contribution in [0.1, 0.15) is 59.8 Å². The second-order valence-electron chi connectivity index (χ2n) is 7.56. The average Bonchev–Trinajstić information content (AvgIpc) is 3.02. The molecule has 0 spiro atoms. The third-order valence-corrected chi connectivity index (χ3v) is 4.24. The lowest BCUT2D eigenvalue weighted by Gasteiger charge is -2.31. The summed E-state index contributed by atoms with van der Waals surface area (Å²) in [4.78, 5) is 38.1. The van der Waals surface area contributed by atoms with Crippen molar-refractivity contribution in [2.45, 2.75) is 77.6 Å². The molecule has 7 nitrogen and oxygen atoms in total. The van der Waals surface area contributed by atoms with Gasteiger partial charge < -0.3 is 10.2 Å². The Kier molecular flexibility index (Phi) is 7.79. The third kappa shape index (κ3) is 5.95. The Bertz CT molecular complexity index is 493. The minimum Gasteiger partial charge on any atom is -0.350 e. The number of nitrogens with one attached hydrogen (secondary N) is 2. The topological polar surface area (TPSA) is 98.7 Å². The highest BCUT2D eigenvalue weighted by Crippen LogP contribution is 2.26. The zero-order valence-corrected chi connectivity index (χ0v) is 15.5. The van der Waals surface area contributed by atoms with E-state index in [2.05, 4.69) is 5.32 Å². The molecule has 1 heterocycles. The SMILES string of the molecule is CCCC[C@@H](C(=O)N1CCC[C@H]1C(=O)NC(C)(C)C)[C@@H](F)C(=O)NO. The van der Waals surface area contributed by atoms with Crippen LogP contribution in [0.5, 0.6) is 0 Å². The van der Waals surface area contributed by atoms with E-state index in [4.69, 9.17) is 5.21 Å². The summed E-state index contributed by atoms with van der Waals surface area (Å²) in [6, 6.07) is -0.653. The largest absolute Gasteiger partial charge is 0.350 e. The van der Waals surface area contributed by atoms with Gasteiger partial charge >= 0.3 is 0 Å². The molecule has 1 saturated heterocycles. The van der Waals surface area contributed by atoms with E-state index in [1.54, 1.807) is 0 Å². The van der Waals surface area contributed by atoms with Crippen LogP contribution in [-0.2, 0) is 14.4 Å². The van der Waals surface area contributed by atoms with Crippen molar-refractivity contribution in [1.82, 2.24) is 15.7 Å². The predicted molar refractivity (Wildman–Crippen MR) is 90.5 cm³/mol. The first-order valence-corrected chi connectivity index (χ1v) is 8.83. The fraction of sp³-hybridized carbons (Fsp3) is 0.824. The number of unbranched alkanes of at least 4 members (excludes halogenated alkanes) is 1. The minimum absolute atomic E-state index is 0.189. The molecule has 3 N–H and O–H groups in total. The highest BCUT2D eigenvalue weighted by Gasteiger charge is 2.42. The minimum atomic E-state index is -2.14. The zero-order chi connectivity index (χ0) is 19.2. The summed E-state index contributed by atoms with van der Waals surface area (Å²) in [5, 5.41) is 11.5. The Morgan fingerprint density at radius 3 is 2.48 bits per heavy atom. The molecule has 0 aliphatic carbocycles. The second kappa shape index (κ2) is 9.12. The quantitative estimate of drug-likeness (QED) is 0.474. The van der Waals surface area contributed by atoms with Gasteiger partial charge in [-0.1, -0.05) is 19.8 Å². The van der Waals surface area contributed by atoms with Gasteiger partial charge in [0.2, 0.25) is 11.8 Å². The van der Waals surface area contributed by atoms with Gasteiger partial charge in [0.05, 0.1) is 5.92 Å². The lowest BCUT2D eigenvalue weighted by Crippen LogP contribution is -2.53. The lowest BCUT2D eigenvalue weighted by molar-refractivity contribution is -0.149. The average molecular weight is 359 g/mol. The van der Waals surface area contributed by atoms with Crippen LogP contribution in [-0.4, -0.2) is 52.1 Å². The number of halogens is 1. The first-order valence-electron chi connectivity index (χ1n) is 8.83. The molecule has 0 bridgehead atoms. The predicted octanol–water partition coefficient (Wildman–Crippen LogP) is 1.54. The third-order valence-electron chi connectivity index (χ3n) is 4.24. The molecule has 0 aromatic rings. The summed E-state index contributed by atoms with van der Waals surface area (Å²) in [7, 11) is 0. The summed E-state index contributed by atoms with van der Waals surface area (Å²) in [6.07, 6.45) is 0.520. The fourth-order valence-corrected chi connectivity index (χ4v) is 3.03. The first-order chi connectivity index (χ1) is 11.6. The van der Waals surface area contributed by atoms with E-state index in [1.165, 1.54) is 10.4 Å². The molecular weight excluding hydrogens is 329 g/mol. The molecular formula is C17H30FN3O4. The summed E-state index contributed by atoms with van der Waals surface area (Å²) >= 11 is 0. The van der Waals surface area contributed by atoms with Crippen LogP contribution >= 0.6 is 0 Å². The van der Waals surface area contributed by atoms with E-state index in [1.807, 2.05) is 27.7 Å². The van der Waals surface area contributed by atoms with Gasteiger partial charge in [0.1, 0.15) is 6.04 Å². The van der Waals surface area contributed by atoms with Crippen molar-refractivity contribution in [3.8, 4) is 0 Å². The number of carbonyl (C=O) groups is 3. The number of carbonyl (C=O) groups excluding carboxylic acids is 3. The molecule has 1 rings (SSSR count). The number of rotatable bonds is 7. The van der Waals surface area contributed by atoms with E-state index >= 15 is 0 Å². The normalized spacial score (nSPS) is 20.1. The van der Waals surface area contributed by atoms with Crippen molar-refractivity contribution in [2.24, 2.45) is 5.92 Å². The van der Waals surface area contributed by atoms with Gasteiger partial charge in [-0.05, 0) is 40.0 Å². The van der Waals surface area contributed by atoms with E-state index in [9.17, 15) is 18.8 Å². The molecule has 144 valence electrons. The van der Waals surface area contributed by atoms with Gasteiger partial charge in [0.25, 0.3) is 5.91 Å². The van der Waals surface area contributed by atoms with Gasteiger partial charge in [0, 0.05) is 12.1 Å². The molecule has 0 unspecified atom stereocenters. The summed E-state index contributed by atoms with van der Waals surface area (Å²) in [5.74, 6) is -3.25. The number of hydrogen-bond acceptors (Lipinski definition) is 4. The number of hydroxylamine groups is 1. The molecule has 0 radical (unpaired) electrons. The Morgan fingerprint density at radius 1 is 1.32 bits per heavy atom. The van der Waals surface area contributed by atoms with Crippen LogP contribution in [0.3, 0.4) is 0 Å². The Balaban J connectivity index is 2.93. The van der Waals surface area contributed by atoms with E-state index in [0.717, 1.165) is 6.42 Å². The molecule has 25 heavy (non-hydrogen) atoms. The maximum atomic E-state index is 14.4. The molecule has 1 aliphatic heterocycles. The Labute approximate surface area is 148 Å². The van der Waals surface area contributed by atoms with Gasteiger partial charge in [0.15, 0.2) is 6.17 Å². The van der Waals surface area contributed by atoms with Gasteiger partial charge in [-0.3, -0.25) is 19.6 Å². The fourth-order valence-electron chi connectivity index (χ4n) is 3.03. The van der Waals surface area contributed by atoms with E-state index in [0.29, 0.717) is 25.8 Å². The number of amides is 3. The second-order valence-corrected chi connectivity index (χ2v) is 7.56. The van der Waals surface area contributed by atoms with Crippen molar-refractivity contribution in [1.29, 1.82) is 0 Å². The molecule has 3 atom stereocenters. The number of hydrogen-bond donors (Lipinski definition) is 3. The smallest absolute Gasteiger partial charge is 0.278 e. The van der Waals surface area contributed by atoms with Gasteiger partial charge in [-0.25, -0.2) is 9.87 Å². The maximum Gasteiger partial charge on any atom is 0.278 e. The van der Waals surface area contributed by atoms with Crippen molar-refractivity contribution < 1.29 is 24.0 Å². The monoisotopic (exact) mass is 359 g/mol. The van der Waals surface area contributed by atoms with Crippen LogP contribution in [0.4, 0.5) is 4.39 Å². The number of likely N-dealkylation sites (tertiary alicyclic amines) is 1. The van der Waals surface area contributed by atoms with Crippen molar-refractivity contribution >= 4 is 17.7 Å². The highest BCUT2D eigenvalue weighted by atomic mass is 19.1. The van der Waals surface area contributed by atoms with Crippen molar-refractivity contribution in [2.75, 3.05) is 6.54 Å². The van der Waals surface area contributed by atoms with Crippen LogP contribution < -0.4 is 10.8 Å². The Hall–Kier alpha value is -1.70. The van der Waals surface area contributed by atoms with E-state index < -0.39 is 35.5 Å². The van der Waals surface area contributed by atoms with Crippen LogP contribution in [0.15, 0.2) is 0 Å². The molecule has 1 aliphatic rings. The first kappa shape index (κ1) is 21.3. The summed E-state index contributed by atoms with van der Waals surface area (Å²) in [5.41, 5.74) is 0.833. The molecule has 0 saturated carbocycles. The molecule has 1 fully saturated rings. The van der Waals surface area contributed by atoms with Crippen molar-refractivity contribution in [3.63, 3.8) is 0 Å². The molecule has 3 amide bonds. The standard InChI is InChI=1S/C17H30FN3O4/c1-5-6-8-11(13(18)15(23)20-25)16(24)21-10-7-9-12(21)14(22)19-17(2,3)4/h11-13,25H,5-10H2,1-4H3,(H,19,22)(H,20,23)/t11-,12+,13-/m1/s1. The number of nitrogens with zero attached hydrogens (tertiary/aromatic N) is 1. The summed E-state index contributed by atoms with van der Waals surface area (Å²) < 4.78 is 14.4. The van der Waals surface area contributed by atoms with Gasteiger partial charge in [-0.2, -0.15) is 0 Å². The molecule has 0 aromatic heterocycles. The van der Waals surface area contributed by atoms with Gasteiger partial charge in [-0.15, -0.1) is 0 Å². The highest BCUT2D eigenvalue weighted by molar-refractivity contribution is 5.92. The van der Waals surface area contributed by atoms with Crippen LogP contribution in [0.25, 0.3) is 0 Å². The zero-order valence-electron chi connectivity index (χ0n) is 15.5. The molecule has 8 heteroatoms. The van der Waals surface area contributed by atoms with E-state index in [-0.39, 0.29) is 12.3 Å². The van der Waals surface area contributed by atoms with Crippen LogP contribution in [0.2, 0.25) is 0 Å². The summed E-state index contributed by atoms with van der Waals surface area (Å²) in [6.45, 7) is 7.80. The van der Waals surface area contributed by atoms with Crippen molar-refractivity contribution in [3.05, 3.63) is 0 Å².